The summed E-state index contributed by atoms with van der Waals surface area (Å²) in [5.41, 5.74) is 3.46. The molecule has 1 N–H and O–H groups in total. The summed E-state index contributed by atoms with van der Waals surface area (Å²) in [4.78, 5) is 54.7. The second-order valence-electron chi connectivity index (χ2n) is 13.7. The van der Waals surface area contributed by atoms with Gasteiger partial charge in [-0.05, 0) is 74.0 Å². The smallest absolute Gasteiger partial charge is 0.339 e. The van der Waals surface area contributed by atoms with Gasteiger partial charge in [0.15, 0.2) is 0 Å². The number of ether oxygens (including phenoxy) is 4. The van der Waals surface area contributed by atoms with Crippen LogP contribution in [0.25, 0.3) is 5.57 Å². The molecule has 0 fully saturated rings. The number of allylic oxidation sites excluding steroid dienone is 1. The Hall–Kier alpha value is -3.62. The maximum Gasteiger partial charge on any atom is 0.339 e. The van der Waals surface area contributed by atoms with E-state index >= 15 is 0 Å². The van der Waals surface area contributed by atoms with Crippen molar-refractivity contribution in [3.05, 3.63) is 44.5 Å². The highest BCUT2D eigenvalue weighted by molar-refractivity contribution is 6.10. The summed E-state index contributed by atoms with van der Waals surface area (Å²) in [5.74, 6) is -2.96. The molecule has 270 valence electrons. The van der Waals surface area contributed by atoms with Gasteiger partial charge in [0.25, 0.3) is 0 Å². The SMILES string of the molecule is COC(=O)C1=C(C(=O)OC)C2CCCCCCCCCCC1=C(c1c(O)c3c(C(=O)OC)c(C(=O)OC)c1CCCCCCCCCC3)C2. The molecular weight excluding hydrogens is 624 g/mol. The van der Waals surface area contributed by atoms with Gasteiger partial charge >= 0.3 is 23.9 Å². The van der Waals surface area contributed by atoms with Gasteiger partial charge in [0.2, 0.25) is 0 Å². The number of carbonyl (C=O) groups is 4. The summed E-state index contributed by atoms with van der Waals surface area (Å²) in [6.07, 6.45) is 18.0. The van der Waals surface area contributed by atoms with E-state index in [-0.39, 0.29) is 28.4 Å². The summed E-state index contributed by atoms with van der Waals surface area (Å²) >= 11 is 0. The molecule has 5 aliphatic carbocycles. The van der Waals surface area contributed by atoms with Gasteiger partial charge in [-0.2, -0.15) is 0 Å². The molecule has 5 aliphatic rings. The quantitative estimate of drug-likeness (QED) is 0.241. The molecule has 0 radical (unpaired) electrons. The zero-order valence-electron chi connectivity index (χ0n) is 30.1. The van der Waals surface area contributed by atoms with Gasteiger partial charge < -0.3 is 24.1 Å². The molecular formula is C40H56O9. The number of methoxy groups -OCH3 is 4. The first-order valence-electron chi connectivity index (χ1n) is 18.5. The number of fused-ring (bicyclic) bond motifs is 22. The Morgan fingerprint density at radius 2 is 0.939 bits per heavy atom. The third-order valence-corrected chi connectivity index (χ3v) is 10.7. The van der Waals surface area contributed by atoms with Crippen molar-refractivity contribution in [3.8, 4) is 5.75 Å². The van der Waals surface area contributed by atoms with E-state index in [0.717, 1.165) is 95.5 Å². The van der Waals surface area contributed by atoms with E-state index in [1.807, 2.05) is 0 Å². The number of carbonyl (C=O) groups excluding carboxylic acids is 4. The molecule has 9 heteroatoms. The van der Waals surface area contributed by atoms with Crippen molar-refractivity contribution in [2.75, 3.05) is 28.4 Å². The number of phenolic OH excluding ortho intramolecular Hbond substituents is 1. The van der Waals surface area contributed by atoms with Crippen molar-refractivity contribution in [3.63, 3.8) is 0 Å². The van der Waals surface area contributed by atoms with E-state index in [0.29, 0.717) is 66.4 Å². The third-order valence-electron chi connectivity index (χ3n) is 10.7. The Bertz CT molecular complexity index is 1430. The lowest BCUT2D eigenvalue weighted by Gasteiger charge is -2.33. The highest BCUT2D eigenvalue weighted by atomic mass is 16.5. The van der Waals surface area contributed by atoms with Crippen molar-refractivity contribution >= 4 is 29.5 Å². The minimum Gasteiger partial charge on any atom is -0.507 e. The molecule has 4 bridgehead atoms. The molecule has 0 spiro atoms. The molecule has 0 heterocycles. The van der Waals surface area contributed by atoms with Crippen LogP contribution in [0.1, 0.15) is 159 Å². The molecule has 1 atom stereocenters. The standard InChI is InChI=1S/C40H56O9/c1-46-37(42)31-26-21-17-13-9-5-6-10-14-18-22-27(33(31)38(43)47-2)30(25-26)32-28-23-19-15-11-7-8-12-16-20-24-29(36(32)41)35(40(45)49-4)34(28)39(44)48-3/h26,41H,5-25H2,1-4H3. The van der Waals surface area contributed by atoms with Crippen LogP contribution in [0.2, 0.25) is 0 Å². The first-order chi connectivity index (χ1) is 23.8. The van der Waals surface area contributed by atoms with Crippen LogP contribution in [0.5, 0.6) is 5.75 Å². The zero-order valence-corrected chi connectivity index (χ0v) is 30.1. The Balaban J connectivity index is 2.16. The van der Waals surface area contributed by atoms with E-state index in [9.17, 15) is 24.3 Å². The zero-order chi connectivity index (χ0) is 35.3. The minimum atomic E-state index is -0.695. The van der Waals surface area contributed by atoms with Gasteiger partial charge in [-0.1, -0.05) is 83.5 Å². The molecule has 6 rings (SSSR count). The fourth-order valence-electron chi connectivity index (χ4n) is 8.21. The lowest BCUT2D eigenvalue weighted by Crippen LogP contribution is -2.27. The molecule has 1 aromatic carbocycles. The molecule has 1 unspecified atom stereocenters. The number of benzene rings is 1. The number of hydrogen-bond acceptors (Lipinski definition) is 9. The summed E-state index contributed by atoms with van der Waals surface area (Å²) in [6, 6.07) is 0. The fourth-order valence-corrected chi connectivity index (χ4v) is 8.21. The van der Waals surface area contributed by atoms with Gasteiger partial charge in [-0.25, -0.2) is 19.2 Å². The van der Waals surface area contributed by atoms with Crippen LogP contribution in [0, 0.1) is 5.92 Å². The first-order valence-corrected chi connectivity index (χ1v) is 18.5. The van der Waals surface area contributed by atoms with Crippen molar-refractivity contribution < 1.29 is 43.2 Å². The molecule has 0 saturated heterocycles. The predicted molar refractivity (Wildman–Crippen MR) is 187 cm³/mol. The second-order valence-corrected chi connectivity index (χ2v) is 13.7. The van der Waals surface area contributed by atoms with E-state index < -0.39 is 23.9 Å². The summed E-state index contributed by atoms with van der Waals surface area (Å²) in [5, 5.41) is 12.5. The average Bonchev–Trinajstić information content (AvgIpc) is 3.11. The molecule has 0 aromatic heterocycles. The van der Waals surface area contributed by atoms with E-state index in [1.165, 1.54) is 34.9 Å². The molecule has 49 heavy (non-hydrogen) atoms. The van der Waals surface area contributed by atoms with E-state index in [2.05, 4.69) is 0 Å². The number of phenols is 1. The van der Waals surface area contributed by atoms with Crippen LogP contribution in [-0.4, -0.2) is 57.4 Å². The van der Waals surface area contributed by atoms with Crippen LogP contribution < -0.4 is 0 Å². The summed E-state index contributed by atoms with van der Waals surface area (Å²) < 4.78 is 21.2. The monoisotopic (exact) mass is 680 g/mol. The lowest BCUT2D eigenvalue weighted by molar-refractivity contribution is -0.139. The minimum absolute atomic E-state index is 0.0540. The van der Waals surface area contributed by atoms with Gasteiger partial charge in [-0.3, -0.25) is 0 Å². The van der Waals surface area contributed by atoms with E-state index in [4.69, 9.17) is 18.9 Å². The van der Waals surface area contributed by atoms with Gasteiger partial charge in [0, 0.05) is 11.1 Å². The topological polar surface area (TPSA) is 125 Å². The molecule has 9 nitrogen and oxygen atoms in total. The lowest BCUT2D eigenvalue weighted by atomic mass is 9.71. The number of aromatic hydroxyl groups is 1. The molecule has 0 saturated carbocycles. The van der Waals surface area contributed by atoms with Crippen molar-refractivity contribution in [1.82, 2.24) is 0 Å². The summed E-state index contributed by atoms with van der Waals surface area (Å²) in [6.45, 7) is 0. The van der Waals surface area contributed by atoms with Crippen LogP contribution >= 0.6 is 0 Å². The van der Waals surface area contributed by atoms with E-state index in [1.54, 1.807) is 0 Å². The van der Waals surface area contributed by atoms with Gasteiger partial charge in [0.1, 0.15) is 5.75 Å². The first kappa shape index (κ1) is 38.2. The summed E-state index contributed by atoms with van der Waals surface area (Å²) in [7, 11) is 5.22. The normalized spacial score (nSPS) is 20.2. The predicted octanol–water partition coefficient (Wildman–Crippen LogP) is 8.52. The second kappa shape index (κ2) is 19.0. The Labute approximate surface area is 291 Å². The molecule has 0 amide bonds. The Morgan fingerprint density at radius 3 is 1.45 bits per heavy atom. The highest BCUT2D eigenvalue weighted by Gasteiger charge is 2.40. The van der Waals surface area contributed by atoms with Crippen LogP contribution in [0.15, 0.2) is 16.7 Å². The Kier molecular flexibility index (Phi) is 14.8. The van der Waals surface area contributed by atoms with Crippen LogP contribution in [0.3, 0.4) is 0 Å². The van der Waals surface area contributed by atoms with Gasteiger partial charge in [-0.15, -0.1) is 0 Å². The average molecular weight is 681 g/mol. The third kappa shape index (κ3) is 8.95. The molecule has 0 aliphatic heterocycles. The maximum absolute atomic E-state index is 13.8. The largest absolute Gasteiger partial charge is 0.507 e. The highest BCUT2D eigenvalue weighted by Crippen LogP contribution is 2.50. The van der Waals surface area contributed by atoms with Crippen molar-refractivity contribution in [2.45, 2.75) is 135 Å². The Morgan fingerprint density at radius 1 is 0.510 bits per heavy atom. The number of rotatable bonds is 5. The van der Waals surface area contributed by atoms with Gasteiger partial charge in [0.05, 0.1) is 50.7 Å². The fraction of sp³-hybridized carbons (Fsp3) is 0.650. The maximum atomic E-state index is 13.8. The van der Waals surface area contributed by atoms with Crippen LogP contribution in [-0.2, 0) is 41.4 Å². The van der Waals surface area contributed by atoms with Crippen molar-refractivity contribution in [2.24, 2.45) is 5.92 Å². The number of hydrogen-bond donors (Lipinski definition) is 1. The molecule has 1 aromatic rings. The van der Waals surface area contributed by atoms with Crippen molar-refractivity contribution in [1.29, 1.82) is 0 Å². The number of esters is 4. The van der Waals surface area contributed by atoms with Crippen LogP contribution in [0.4, 0.5) is 0 Å².